The molecule has 0 aliphatic rings. The van der Waals surface area contributed by atoms with E-state index in [1.165, 1.54) is 18.3 Å². The average Bonchev–Trinajstić information content (AvgIpc) is 2.41. The number of aliphatic imine (C=N–C) groups is 1. The lowest BCUT2D eigenvalue weighted by Crippen LogP contribution is -2.19. The molecule has 5 heteroatoms. The number of rotatable bonds is 3. The minimum atomic E-state index is -4.42. The molecule has 20 heavy (non-hydrogen) atoms. The van der Waals surface area contributed by atoms with E-state index in [0.717, 1.165) is 4.47 Å². The third kappa shape index (κ3) is 3.93. The molecular weight excluding hydrogens is 331 g/mol. The molecule has 0 aliphatic heterocycles. The number of alkyl halides is 3. The Morgan fingerprint density at radius 2 is 1.55 bits per heavy atom. The first-order valence-corrected chi connectivity index (χ1v) is 6.66. The Hall–Kier alpha value is -1.62. The highest BCUT2D eigenvalue weighted by atomic mass is 79.9. The molecule has 2 aromatic carbocycles. The van der Waals surface area contributed by atoms with Crippen LogP contribution in [0.15, 0.2) is 64.1 Å². The van der Waals surface area contributed by atoms with E-state index in [4.69, 9.17) is 0 Å². The fraction of sp³-hybridized carbons (Fsp3) is 0.133. The summed E-state index contributed by atoms with van der Waals surface area (Å²) in [6, 6.07) is 12.9. The highest BCUT2D eigenvalue weighted by molar-refractivity contribution is 9.10. The van der Waals surface area contributed by atoms with Crippen LogP contribution in [0.5, 0.6) is 0 Å². The quantitative estimate of drug-likeness (QED) is 0.683. The Kier molecular flexibility index (Phi) is 4.60. The van der Waals surface area contributed by atoms with Gasteiger partial charge in [0.25, 0.3) is 0 Å². The van der Waals surface area contributed by atoms with Gasteiger partial charge in [0.1, 0.15) is 0 Å². The van der Waals surface area contributed by atoms with Gasteiger partial charge in [-0.15, -0.1) is 0 Å². The molecule has 0 bridgehead atoms. The van der Waals surface area contributed by atoms with Gasteiger partial charge in [0.2, 0.25) is 0 Å². The molecule has 0 unspecified atom stereocenters. The van der Waals surface area contributed by atoms with E-state index in [1.54, 1.807) is 42.5 Å². The molecule has 0 radical (unpaired) electrons. The monoisotopic (exact) mass is 341 g/mol. The number of halogens is 4. The molecular formula is C15H11BrF3N. The first-order valence-electron chi connectivity index (χ1n) is 5.87. The van der Waals surface area contributed by atoms with E-state index >= 15 is 0 Å². The minimum Gasteiger partial charge on any atom is -0.275 e. The van der Waals surface area contributed by atoms with Crippen LogP contribution in [-0.4, -0.2) is 12.4 Å². The fourth-order valence-electron chi connectivity index (χ4n) is 1.70. The molecule has 104 valence electrons. The van der Waals surface area contributed by atoms with Gasteiger partial charge >= 0.3 is 6.18 Å². The van der Waals surface area contributed by atoms with Crippen LogP contribution in [0.4, 0.5) is 13.2 Å². The number of nitrogens with zero attached hydrogens (tertiary/aromatic N) is 1. The standard InChI is InChI=1S/C15H11BrF3N/c16-13-8-6-12(7-9-13)14(15(17,18)19)20-10-11-4-2-1-3-5-11/h1-10,14H/t14-/m1/s1. The topological polar surface area (TPSA) is 12.4 Å². The first kappa shape index (κ1) is 14.8. The van der Waals surface area contributed by atoms with Crippen molar-refractivity contribution in [1.82, 2.24) is 0 Å². The summed E-state index contributed by atoms with van der Waals surface area (Å²) in [6.45, 7) is 0. The molecule has 0 heterocycles. The zero-order valence-corrected chi connectivity index (χ0v) is 11.9. The van der Waals surface area contributed by atoms with E-state index in [0.29, 0.717) is 5.56 Å². The van der Waals surface area contributed by atoms with E-state index in [1.807, 2.05) is 0 Å². The molecule has 0 saturated heterocycles. The van der Waals surface area contributed by atoms with E-state index in [2.05, 4.69) is 20.9 Å². The summed E-state index contributed by atoms with van der Waals surface area (Å²) >= 11 is 3.20. The first-order chi connectivity index (χ1) is 9.47. The van der Waals surface area contributed by atoms with Gasteiger partial charge in [-0.2, -0.15) is 13.2 Å². The smallest absolute Gasteiger partial charge is 0.275 e. The van der Waals surface area contributed by atoms with Crippen molar-refractivity contribution in [2.75, 3.05) is 0 Å². The predicted molar refractivity (Wildman–Crippen MR) is 77.0 cm³/mol. The van der Waals surface area contributed by atoms with Crippen molar-refractivity contribution in [2.45, 2.75) is 12.2 Å². The maximum Gasteiger partial charge on any atom is 0.414 e. The Morgan fingerprint density at radius 3 is 2.10 bits per heavy atom. The van der Waals surface area contributed by atoms with Gasteiger partial charge in [-0.3, -0.25) is 4.99 Å². The van der Waals surface area contributed by atoms with Gasteiger partial charge in [-0.1, -0.05) is 58.4 Å². The highest BCUT2D eigenvalue weighted by Crippen LogP contribution is 2.36. The van der Waals surface area contributed by atoms with Crippen LogP contribution >= 0.6 is 15.9 Å². The molecule has 0 amide bonds. The summed E-state index contributed by atoms with van der Waals surface area (Å²) in [7, 11) is 0. The molecule has 0 spiro atoms. The number of hydrogen-bond donors (Lipinski definition) is 0. The maximum atomic E-state index is 13.1. The summed E-state index contributed by atoms with van der Waals surface area (Å²) in [6.07, 6.45) is -3.17. The second-order valence-corrected chi connectivity index (χ2v) is 5.10. The summed E-state index contributed by atoms with van der Waals surface area (Å²) in [4.78, 5) is 3.70. The fourth-order valence-corrected chi connectivity index (χ4v) is 1.97. The SMILES string of the molecule is FC(F)(F)[C@H](N=Cc1ccccc1)c1ccc(Br)cc1. The Labute approximate surface area is 123 Å². The minimum absolute atomic E-state index is 0.118. The van der Waals surface area contributed by atoms with E-state index in [9.17, 15) is 13.2 Å². The Morgan fingerprint density at radius 1 is 0.950 bits per heavy atom. The van der Waals surface area contributed by atoms with Crippen molar-refractivity contribution in [3.63, 3.8) is 0 Å². The second-order valence-electron chi connectivity index (χ2n) is 4.18. The number of hydrogen-bond acceptors (Lipinski definition) is 1. The van der Waals surface area contributed by atoms with Crippen molar-refractivity contribution in [1.29, 1.82) is 0 Å². The van der Waals surface area contributed by atoms with E-state index < -0.39 is 12.2 Å². The molecule has 1 nitrogen and oxygen atoms in total. The lowest BCUT2D eigenvalue weighted by atomic mass is 10.1. The van der Waals surface area contributed by atoms with Gasteiger partial charge in [0.15, 0.2) is 6.04 Å². The zero-order chi connectivity index (χ0) is 14.6. The Balaban J connectivity index is 2.30. The van der Waals surface area contributed by atoms with Gasteiger partial charge in [0.05, 0.1) is 0 Å². The van der Waals surface area contributed by atoms with Crippen molar-refractivity contribution in [2.24, 2.45) is 4.99 Å². The van der Waals surface area contributed by atoms with Crippen LogP contribution in [0, 0.1) is 0 Å². The molecule has 2 aromatic rings. The van der Waals surface area contributed by atoms with Crippen LogP contribution in [0.3, 0.4) is 0 Å². The molecule has 0 fully saturated rings. The summed E-state index contributed by atoms with van der Waals surface area (Å²) < 4.78 is 40.0. The predicted octanol–water partition coefficient (Wildman–Crippen LogP) is 5.17. The molecule has 0 aromatic heterocycles. The van der Waals surface area contributed by atoms with Gasteiger partial charge < -0.3 is 0 Å². The second kappa shape index (κ2) is 6.22. The third-order valence-corrected chi connectivity index (χ3v) is 3.20. The summed E-state index contributed by atoms with van der Waals surface area (Å²) in [5.41, 5.74) is 0.756. The molecule has 0 N–H and O–H groups in total. The van der Waals surface area contributed by atoms with Crippen LogP contribution in [-0.2, 0) is 0 Å². The van der Waals surface area contributed by atoms with Crippen LogP contribution < -0.4 is 0 Å². The lowest BCUT2D eigenvalue weighted by Gasteiger charge is -2.16. The van der Waals surface area contributed by atoms with Crippen LogP contribution in [0.1, 0.15) is 17.2 Å². The van der Waals surface area contributed by atoms with Gasteiger partial charge in [-0.25, -0.2) is 0 Å². The molecule has 0 aliphatic carbocycles. The highest BCUT2D eigenvalue weighted by Gasteiger charge is 2.40. The molecule has 0 saturated carbocycles. The largest absolute Gasteiger partial charge is 0.414 e. The maximum absolute atomic E-state index is 13.1. The Bertz CT molecular complexity index is 576. The summed E-state index contributed by atoms with van der Waals surface area (Å²) in [5, 5.41) is 0. The van der Waals surface area contributed by atoms with Crippen molar-refractivity contribution >= 4 is 22.1 Å². The zero-order valence-electron chi connectivity index (χ0n) is 10.3. The average molecular weight is 342 g/mol. The third-order valence-electron chi connectivity index (χ3n) is 2.67. The summed E-state index contributed by atoms with van der Waals surface area (Å²) in [5.74, 6) is 0. The van der Waals surface area contributed by atoms with Crippen molar-refractivity contribution < 1.29 is 13.2 Å². The van der Waals surface area contributed by atoms with E-state index in [-0.39, 0.29) is 5.56 Å². The van der Waals surface area contributed by atoms with Crippen LogP contribution in [0.25, 0.3) is 0 Å². The lowest BCUT2D eigenvalue weighted by molar-refractivity contribution is -0.148. The molecule has 1 atom stereocenters. The van der Waals surface area contributed by atoms with Crippen molar-refractivity contribution in [3.05, 3.63) is 70.2 Å². The van der Waals surface area contributed by atoms with Gasteiger partial charge in [0, 0.05) is 10.7 Å². The normalized spacial score (nSPS) is 13.6. The van der Waals surface area contributed by atoms with Crippen molar-refractivity contribution in [3.8, 4) is 0 Å². The number of benzene rings is 2. The van der Waals surface area contributed by atoms with Crippen LogP contribution in [0.2, 0.25) is 0 Å². The van der Waals surface area contributed by atoms with Gasteiger partial charge in [-0.05, 0) is 23.3 Å². The molecule has 2 rings (SSSR count).